The molecule has 0 aromatic carbocycles. The molecule has 2 rings (SSSR count). The van der Waals surface area contributed by atoms with Crippen LogP contribution >= 0.6 is 11.3 Å². The van der Waals surface area contributed by atoms with Gasteiger partial charge in [0.2, 0.25) is 0 Å². The first-order chi connectivity index (χ1) is 9.19. The summed E-state index contributed by atoms with van der Waals surface area (Å²) in [7, 11) is 4.41. The van der Waals surface area contributed by atoms with Gasteiger partial charge in [-0.25, -0.2) is 0 Å². The molecule has 1 aliphatic rings. The van der Waals surface area contributed by atoms with Crippen molar-refractivity contribution in [3.8, 4) is 11.8 Å². The van der Waals surface area contributed by atoms with Crippen LogP contribution in [0.2, 0.25) is 0 Å². The molecule has 19 heavy (non-hydrogen) atoms. The Bertz CT molecular complexity index is 452. The second kappa shape index (κ2) is 7.06. The van der Waals surface area contributed by atoms with Crippen molar-refractivity contribution in [3.63, 3.8) is 0 Å². The maximum atomic E-state index is 8.69. The quantitative estimate of drug-likeness (QED) is 0.851. The highest BCUT2D eigenvalue weighted by Gasteiger charge is 2.20. The largest absolute Gasteiger partial charge is 0.384 e. The van der Waals surface area contributed by atoms with E-state index in [1.807, 2.05) is 6.07 Å². The second-order valence-electron chi connectivity index (χ2n) is 5.18. The maximum absolute atomic E-state index is 8.69. The van der Waals surface area contributed by atoms with E-state index in [-0.39, 0.29) is 6.61 Å². The highest BCUT2D eigenvalue weighted by Crippen LogP contribution is 2.21. The van der Waals surface area contributed by atoms with Gasteiger partial charge in [0.05, 0.1) is 4.88 Å². The van der Waals surface area contributed by atoms with E-state index in [9.17, 15) is 0 Å². The summed E-state index contributed by atoms with van der Waals surface area (Å²) < 4.78 is 0. The van der Waals surface area contributed by atoms with E-state index < -0.39 is 0 Å². The molecule has 1 aromatic heterocycles. The van der Waals surface area contributed by atoms with Gasteiger partial charge >= 0.3 is 0 Å². The Morgan fingerprint density at radius 1 is 1.42 bits per heavy atom. The number of aliphatic hydroxyl groups is 1. The summed E-state index contributed by atoms with van der Waals surface area (Å²) in [6.07, 6.45) is 2.52. The zero-order valence-corrected chi connectivity index (χ0v) is 12.5. The lowest BCUT2D eigenvalue weighted by Gasteiger charge is -2.34. The monoisotopic (exact) mass is 278 g/mol. The van der Waals surface area contributed by atoms with Gasteiger partial charge in [-0.15, -0.1) is 11.3 Å². The minimum absolute atomic E-state index is 0.0667. The number of hydrogen-bond donors (Lipinski definition) is 1. The molecule has 2 heterocycles. The van der Waals surface area contributed by atoms with Crippen molar-refractivity contribution in [2.75, 3.05) is 33.8 Å². The summed E-state index contributed by atoms with van der Waals surface area (Å²) in [6.45, 7) is 3.34. The zero-order valence-electron chi connectivity index (χ0n) is 11.7. The SMILES string of the molecule is CN1CCC(N(C)Cc2ccc(C#CCO)s2)CC1. The molecule has 0 amide bonds. The molecule has 0 spiro atoms. The molecule has 0 saturated carbocycles. The molecule has 104 valence electrons. The Hall–Kier alpha value is -0.860. The number of thiophene rings is 1. The van der Waals surface area contributed by atoms with Crippen LogP contribution in [-0.4, -0.2) is 54.7 Å². The van der Waals surface area contributed by atoms with Crippen LogP contribution in [0.5, 0.6) is 0 Å². The molecule has 1 aromatic rings. The third-order valence-corrected chi connectivity index (χ3v) is 4.65. The van der Waals surface area contributed by atoms with Crippen molar-refractivity contribution in [3.05, 3.63) is 21.9 Å². The molecule has 0 unspecified atom stereocenters. The minimum atomic E-state index is -0.0667. The molecule has 1 saturated heterocycles. The lowest BCUT2D eigenvalue weighted by Crippen LogP contribution is -2.41. The zero-order chi connectivity index (χ0) is 13.7. The van der Waals surface area contributed by atoms with Gasteiger partial charge in [-0.2, -0.15) is 0 Å². The van der Waals surface area contributed by atoms with E-state index in [1.165, 1.54) is 30.8 Å². The van der Waals surface area contributed by atoms with E-state index in [0.29, 0.717) is 6.04 Å². The fourth-order valence-corrected chi connectivity index (χ4v) is 3.41. The Morgan fingerprint density at radius 3 is 2.84 bits per heavy atom. The van der Waals surface area contributed by atoms with Crippen LogP contribution in [0.25, 0.3) is 0 Å². The van der Waals surface area contributed by atoms with Crippen molar-refractivity contribution in [1.29, 1.82) is 0 Å². The van der Waals surface area contributed by atoms with Gasteiger partial charge < -0.3 is 10.0 Å². The molecule has 3 nitrogen and oxygen atoms in total. The first kappa shape index (κ1) is 14.5. The fourth-order valence-electron chi connectivity index (χ4n) is 2.47. The summed E-state index contributed by atoms with van der Waals surface area (Å²) >= 11 is 1.73. The van der Waals surface area contributed by atoms with Gasteiger partial charge in [0, 0.05) is 17.5 Å². The number of aliphatic hydroxyl groups excluding tert-OH is 1. The highest BCUT2D eigenvalue weighted by molar-refractivity contribution is 7.12. The van der Waals surface area contributed by atoms with Gasteiger partial charge in [0.25, 0.3) is 0 Å². The molecule has 0 atom stereocenters. The van der Waals surface area contributed by atoms with E-state index in [2.05, 4.69) is 41.8 Å². The van der Waals surface area contributed by atoms with Gasteiger partial charge in [-0.05, 0) is 52.2 Å². The summed E-state index contributed by atoms with van der Waals surface area (Å²) in [4.78, 5) is 7.25. The summed E-state index contributed by atoms with van der Waals surface area (Å²) in [5.41, 5.74) is 0. The normalized spacial score (nSPS) is 17.5. The van der Waals surface area contributed by atoms with Gasteiger partial charge in [0.15, 0.2) is 0 Å². The Morgan fingerprint density at radius 2 is 2.16 bits per heavy atom. The lowest BCUT2D eigenvalue weighted by atomic mass is 10.0. The Balaban J connectivity index is 1.88. The van der Waals surface area contributed by atoms with Gasteiger partial charge in [-0.3, -0.25) is 4.90 Å². The van der Waals surface area contributed by atoms with E-state index in [1.54, 1.807) is 11.3 Å². The van der Waals surface area contributed by atoms with Crippen molar-refractivity contribution >= 4 is 11.3 Å². The molecule has 4 heteroatoms. The number of piperidine rings is 1. The van der Waals surface area contributed by atoms with Crippen molar-refractivity contribution in [2.45, 2.75) is 25.4 Å². The highest BCUT2D eigenvalue weighted by atomic mass is 32.1. The third-order valence-electron chi connectivity index (χ3n) is 3.67. The van der Waals surface area contributed by atoms with Crippen LogP contribution in [0.15, 0.2) is 12.1 Å². The van der Waals surface area contributed by atoms with Crippen LogP contribution in [0.4, 0.5) is 0 Å². The molecular weight excluding hydrogens is 256 g/mol. The number of likely N-dealkylation sites (tertiary alicyclic amines) is 1. The van der Waals surface area contributed by atoms with E-state index in [4.69, 9.17) is 5.11 Å². The van der Waals surface area contributed by atoms with Crippen LogP contribution in [0.1, 0.15) is 22.6 Å². The Kier molecular flexibility index (Phi) is 5.41. The summed E-state index contributed by atoms with van der Waals surface area (Å²) in [5, 5.41) is 8.69. The van der Waals surface area contributed by atoms with E-state index in [0.717, 1.165) is 11.4 Å². The maximum Gasteiger partial charge on any atom is 0.104 e. The molecule has 0 aliphatic carbocycles. The Labute approximate surface area is 119 Å². The third kappa shape index (κ3) is 4.32. The second-order valence-corrected chi connectivity index (χ2v) is 6.34. The number of nitrogens with zero attached hydrogens (tertiary/aromatic N) is 2. The van der Waals surface area contributed by atoms with Crippen molar-refractivity contribution in [2.24, 2.45) is 0 Å². The average molecular weight is 278 g/mol. The molecule has 0 bridgehead atoms. The molecule has 1 N–H and O–H groups in total. The average Bonchev–Trinajstić information content (AvgIpc) is 2.84. The predicted molar refractivity (Wildman–Crippen MR) is 80.3 cm³/mol. The smallest absolute Gasteiger partial charge is 0.104 e. The van der Waals surface area contributed by atoms with Crippen LogP contribution < -0.4 is 0 Å². The fraction of sp³-hybridized carbons (Fsp3) is 0.600. The predicted octanol–water partition coefficient (Wildman–Crippen LogP) is 1.62. The molecule has 1 aliphatic heterocycles. The van der Waals surface area contributed by atoms with Crippen molar-refractivity contribution in [1.82, 2.24) is 9.80 Å². The van der Waals surface area contributed by atoms with Crippen molar-refractivity contribution < 1.29 is 5.11 Å². The summed E-state index contributed by atoms with van der Waals surface area (Å²) in [5.74, 6) is 5.66. The lowest BCUT2D eigenvalue weighted by molar-refractivity contribution is 0.140. The topological polar surface area (TPSA) is 26.7 Å². The van der Waals surface area contributed by atoms with Gasteiger partial charge in [0.1, 0.15) is 6.61 Å². The van der Waals surface area contributed by atoms with Crippen LogP contribution in [0, 0.1) is 11.8 Å². The van der Waals surface area contributed by atoms with Gasteiger partial charge in [-0.1, -0.05) is 11.8 Å². The number of rotatable bonds is 3. The summed E-state index contributed by atoms with van der Waals surface area (Å²) in [6, 6.07) is 4.90. The van der Waals surface area contributed by atoms with E-state index >= 15 is 0 Å². The molecular formula is C15H22N2OS. The first-order valence-electron chi connectivity index (χ1n) is 6.76. The molecule has 1 fully saturated rings. The van der Waals surface area contributed by atoms with Crippen LogP contribution in [0.3, 0.4) is 0 Å². The van der Waals surface area contributed by atoms with Crippen LogP contribution in [-0.2, 0) is 6.54 Å². The first-order valence-corrected chi connectivity index (χ1v) is 7.58. The number of hydrogen-bond acceptors (Lipinski definition) is 4. The standard InChI is InChI=1S/C15H22N2OS/c1-16-9-7-13(8-10-16)17(2)12-15-6-5-14(19-15)4-3-11-18/h5-6,13,18H,7-12H2,1-2H3. The minimum Gasteiger partial charge on any atom is -0.384 e. The molecule has 0 radical (unpaired) electrons.